The van der Waals surface area contributed by atoms with Crippen LogP contribution >= 0.6 is 0 Å². The number of hydrogen-bond donors (Lipinski definition) is 0. The molecule has 0 aromatic heterocycles. The van der Waals surface area contributed by atoms with E-state index in [4.69, 9.17) is 0 Å². The largest absolute Gasteiger partial charge is 0.389 e. The van der Waals surface area contributed by atoms with Crippen LogP contribution in [0.25, 0.3) is 0 Å². The third-order valence-electron chi connectivity index (χ3n) is 4.60. The van der Waals surface area contributed by atoms with E-state index in [0.717, 1.165) is 25.9 Å². The summed E-state index contributed by atoms with van der Waals surface area (Å²) < 4.78 is 36.4. The fourth-order valence-corrected chi connectivity index (χ4v) is 3.35. The van der Waals surface area contributed by atoms with Gasteiger partial charge in [-0.15, -0.1) is 0 Å². The maximum atomic E-state index is 12.1. The highest BCUT2D eigenvalue weighted by molar-refractivity contribution is 5.76. The highest BCUT2D eigenvalue weighted by atomic mass is 19.4. The van der Waals surface area contributed by atoms with Gasteiger partial charge in [0.05, 0.1) is 6.42 Å². The molecule has 6 heteroatoms. The molecular weight excluding hydrogens is 281 g/mol. The van der Waals surface area contributed by atoms with Gasteiger partial charge in [0.25, 0.3) is 0 Å². The molecule has 0 spiro atoms. The molecule has 2 fully saturated rings. The van der Waals surface area contributed by atoms with Crippen LogP contribution in [0.5, 0.6) is 0 Å². The van der Waals surface area contributed by atoms with Crippen molar-refractivity contribution in [3.8, 4) is 0 Å². The van der Waals surface area contributed by atoms with E-state index >= 15 is 0 Å². The summed E-state index contributed by atoms with van der Waals surface area (Å²) >= 11 is 0. The molecule has 0 N–H and O–H groups in total. The average Bonchev–Trinajstić information content (AvgIpc) is 2.73. The number of likely N-dealkylation sites (tertiary alicyclic amines) is 2. The molecule has 122 valence electrons. The normalized spacial score (nSPS) is 23.1. The number of halogens is 3. The van der Waals surface area contributed by atoms with Crippen LogP contribution in [0.1, 0.15) is 51.4 Å². The summed E-state index contributed by atoms with van der Waals surface area (Å²) in [4.78, 5) is 15.9. The molecule has 1 amide bonds. The summed E-state index contributed by atoms with van der Waals surface area (Å²) in [6.07, 6.45) is 1.23. The van der Waals surface area contributed by atoms with Crippen LogP contribution < -0.4 is 0 Å². The summed E-state index contributed by atoms with van der Waals surface area (Å²) in [6, 6.07) is 0.509. The molecular formula is C15H25F3N2O. The van der Waals surface area contributed by atoms with E-state index in [-0.39, 0.29) is 5.91 Å². The van der Waals surface area contributed by atoms with Crippen molar-refractivity contribution in [3.63, 3.8) is 0 Å². The first-order valence-corrected chi connectivity index (χ1v) is 8.04. The number of carbonyl (C=O) groups excluding carboxylic acids is 1. The monoisotopic (exact) mass is 306 g/mol. The van der Waals surface area contributed by atoms with E-state index in [0.29, 0.717) is 19.1 Å². The number of nitrogens with zero attached hydrogens (tertiary/aromatic N) is 2. The maximum Gasteiger partial charge on any atom is 0.389 e. The first kappa shape index (κ1) is 16.6. The summed E-state index contributed by atoms with van der Waals surface area (Å²) in [5, 5.41) is 0. The minimum Gasteiger partial charge on any atom is -0.343 e. The van der Waals surface area contributed by atoms with E-state index in [1.165, 1.54) is 25.7 Å². The molecule has 0 bridgehead atoms. The topological polar surface area (TPSA) is 23.6 Å². The van der Waals surface area contributed by atoms with E-state index in [1.807, 2.05) is 0 Å². The van der Waals surface area contributed by atoms with Crippen LogP contribution in [-0.4, -0.2) is 54.1 Å². The van der Waals surface area contributed by atoms with Crippen LogP contribution in [0.4, 0.5) is 13.2 Å². The first-order chi connectivity index (χ1) is 9.96. The molecule has 2 aliphatic heterocycles. The Morgan fingerprint density at radius 1 is 0.952 bits per heavy atom. The lowest BCUT2D eigenvalue weighted by atomic mass is 10.0. The molecule has 0 radical (unpaired) electrons. The van der Waals surface area contributed by atoms with Crippen molar-refractivity contribution in [2.45, 2.75) is 63.6 Å². The van der Waals surface area contributed by atoms with Gasteiger partial charge in [0.1, 0.15) is 0 Å². The predicted octanol–water partition coefficient (Wildman–Crippen LogP) is 3.20. The Labute approximate surface area is 124 Å². The molecule has 0 aliphatic carbocycles. The van der Waals surface area contributed by atoms with Crippen molar-refractivity contribution in [2.24, 2.45) is 0 Å². The zero-order chi connectivity index (χ0) is 15.3. The number of hydrogen-bond acceptors (Lipinski definition) is 2. The van der Waals surface area contributed by atoms with Gasteiger partial charge in [-0.1, -0.05) is 12.8 Å². The summed E-state index contributed by atoms with van der Waals surface area (Å²) in [5.41, 5.74) is 0. The fraction of sp³-hybridized carbons (Fsp3) is 0.933. The minimum atomic E-state index is -4.24. The highest BCUT2D eigenvalue weighted by Crippen LogP contribution is 2.24. The second kappa shape index (κ2) is 7.47. The minimum absolute atomic E-state index is 0.346. The Morgan fingerprint density at radius 3 is 2.05 bits per heavy atom. The van der Waals surface area contributed by atoms with Gasteiger partial charge in [0.15, 0.2) is 0 Å². The molecule has 0 unspecified atom stereocenters. The van der Waals surface area contributed by atoms with Crippen molar-refractivity contribution in [3.05, 3.63) is 0 Å². The van der Waals surface area contributed by atoms with E-state index in [2.05, 4.69) is 4.90 Å². The Balaban J connectivity index is 1.73. The zero-order valence-corrected chi connectivity index (χ0v) is 12.5. The van der Waals surface area contributed by atoms with Crippen LogP contribution in [0.2, 0.25) is 0 Å². The summed E-state index contributed by atoms with van der Waals surface area (Å²) in [6.45, 7) is 3.48. The third kappa shape index (κ3) is 5.49. The lowest BCUT2D eigenvalue weighted by Crippen LogP contribution is -2.47. The van der Waals surface area contributed by atoms with Gasteiger partial charge >= 0.3 is 6.18 Å². The van der Waals surface area contributed by atoms with E-state index in [1.54, 1.807) is 4.90 Å². The summed E-state index contributed by atoms with van der Waals surface area (Å²) in [7, 11) is 0. The molecule has 0 atom stereocenters. The number of carbonyl (C=O) groups is 1. The molecule has 2 aliphatic rings. The van der Waals surface area contributed by atoms with Crippen LogP contribution in [-0.2, 0) is 4.79 Å². The summed E-state index contributed by atoms with van der Waals surface area (Å²) in [5.74, 6) is -0.346. The van der Waals surface area contributed by atoms with Crippen LogP contribution in [0.3, 0.4) is 0 Å². The lowest BCUT2D eigenvalue weighted by molar-refractivity contribution is -0.150. The molecule has 2 heterocycles. The molecule has 0 aromatic carbocycles. The van der Waals surface area contributed by atoms with Gasteiger partial charge in [-0.25, -0.2) is 0 Å². The quantitative estimate of drug-likeness (QED) is 0.799. The van der Waals surface area contributed by atoms with Gasteiger partial charge in [-0.2, -0.15) is 13.2 Å². The van der Waals surface area contributed by atoms with Crippen LogP contribution in [0, 0.1) is 0 Å². The number of piperidine rings is 1. The molecule has 21 heavy (non-hydrogen) atoms. The second-order valence-corrected chi connectivity index (χ2v) is 6.18. The smallest absolute Gasteiger partial charge is 0.343 e. The van der Waals surface area contributed by atoms with Crippen molar-refractivity contribution >= 4 is 5.91 Å². The Kier molecular flexibility index (Phi) is 5.90. The van der Waals surface area contributed by atoms with Gasteiger partial charge in [0, 0.05) is 25.6 Å². The van der Waals surface area contributed by atoms with Crippen molar-refractivity contribution < 1.29 is 18.0 Å². The number of rotatable bonds is 3. The molecule has 0 aromatic rings. The first-order valence-electron chi connectivity index (χ1n) is 8.04. The van der Waals surface area contributed by atoms with Gasteiger partial charge in [0.2, 0.25) is 5.91 Å². The highest BCUT2D eigenvalue weighted by Gasteiger charge is 2.31. The van der Waals surface area contributed by atoms with Crippen molar-refractivity contribution in [2.75, 3.05) is 26.2 Å². The molecule has 2 rings (SSSR count). The Morgan fingerprint density at radius 2 is 1.52 bits per heavy atom. The van der Waals surface area contributed by atoms with Crippen LogP contribution in [0.15, 0.2) is 0 Å². The number of amides is 1. The van der Waals surface area contributed by atoms with Crippen molar-refractivity contribution in [1.29, 1.82) is 0 Å². The van der Waals surface area contributed by atoms with E-state index < -0.39 is 19.0 Å². The number of alkyl halides is 3. The molecule has 2 saturated heterocycles. The lowest BCUT2D eigenvalue weighted by Gasteiger charge is -2.38. The predicted molar refractivity (Wildman–Crippen MR) is 74.9 cm³/mol. The van der Waals surface area contributed by atoms with Crippen molar-refractivity contribution in [1.82, 2.24) is 9.80 Å². The van der Waals surface area contributed by atoms with E-state index in [9.17, 15) is 18.0 Å². The standard InChI is InChI=1S/C15H25F3N2O/c16-15(17,18)8-5-14(21)20-11-6-13(7-12-20)19-9-3-1-2-4-10-19/h13H,1-12H2. The SMILES string of the molecule is O=C(CCC(F)(F)F)N1CCC(N2CCCCCC2)CC1. The second-order valence-electron chi connectivity index (χ2n) is 6.18. The van der Waals surface area contributed by atoms with Gasteiger partial charge in [-0.05, 0) is 38.8 Å². The maximum absolute atomic E-state index is 12.1. The fourth-order valence-electron chi connectivity index (χ4n) is 3.35. The zero-order valence-electron chi connectivity index (χ0n) is 12.5. The molecule has 3 nitrogen and oxygen atoms in total. The third-order valence-corrected chi connectivity index (χ3v) is 4.60. The Hall–Kier alpha value is -0.780. The van der Waals surface area contributed by atoms with Gasteiger partial charge in [-0.3, -0.25) is 4.79 Å². The Bertz CT molecular complexity index is 330. The van der Waals surface area contributed by atoms with Gasteiger partial charge < -0.3 is 9.80 Å². The average molecular weight is 306 g/mol. The molecule has 0 saturated carbocycles.